The van der Waals surface area contributed by atoms with Crippen LogP contribution in [0, 0.1) is 0 Å². The summed E-state index contributed by atoms with van der Waals surface area (Å²) < 4.78 is 9.68. The van der Waals surface area contributed by atoms with Gasteiger partial charge in [-0.25, -0.2) is 4.98 Å². The molecule has 0 amide bonds. The second kappa shape index (κ2) is 12.9. The van der Waals surface area contributed by atoms with Gasteiger partial charge in [0.1, 0.15) is 5.82 Å². The SMILES string of the molecule is CCNC(=NCC1CCCN1CCOC)N1CCN(c2nc(CC)ns2)CC1.I. The molecule has 1 aromatic rings. The molecule has 0 aliphatic carbocycles. The van der Waals surface area contributed by atoms with E-state index in [0.717, 1.165) is 75.8 Å². The molecule has 2 fully saturated rings. The molecule has 0 saturated carbocycles. The number of rotatable bonds is 8. The number of anilines is 1. The number of piperazine rings is 1. The van der Waals surface area contributed by atoms with Crippen LogP contribution in [-0.2, 0) is 11.2 Å². The van der Waals surface area contributed by atoms with E-state index in [-0.39, 0.29) is 24.0 Å². The van der Waals surface area contributed by atoms with Crippen molar-refractivity contribution in [2.24, 2.45) is 4.99 Å². The number of nitrogens with zero attached hydrogens (tertiary/aromatic N) is 6. The highest BCUT2D eigenvalue weighted by molar-refractivity contribution is 14.0. The molecule has 3 rings (SSSR count). The molecule has 2 aliphatic heterocycles. The van der Waals surface area contributed by atoms with Crippen molar-refractivity contribution < 1.29 is 4.74 Å². The predicted octanol–water partition coefficient (Wildman–Crippen LogP) is 1.92. The van der Waals surface area contributed by atoms with Crippen LogP contribution < -0.4 is 10.2 Å². The average Bonchev–Trinajstić information content (AvgIpc) is 3.39. The van der Waals surface area contributed by atoms with E-state index in [2.05, 4.69) is 43.2 Å². The zero-order chi connectivity index (χ0) is 19.8. The average molecular weight is 538 g/mol. The molecule has 0 aromatic carbocycles. The molecule has 0 bridgehead atoms. The predicted molar refractivity (Wildman–Crippen MR) is 131 cm³/mol. The molecule has 3 heterocycles. The van der Waals surface area contributed by atoms with Gasteiger partial charge in [-0.1, -0.05) is 6.92 Å². The quantitative estimate of drug-likeness (QED) is 0.309. The number of halogens is 1. The summed E-state index contributed by atoms with van der Waals surface area (Å²) in [4.78, 5) is 16.9. The molecule has 1 aromatic heterocycles. The standard InChI is InChI=1S/C19H35N7OS.HI/c1-4-17-22-19(28-23-17)26-11-9-25(10-12-26)18(20-5-2)21-15-16-7-6-8-24(16)13-14-27-3;/h16H,4-15H2,1-3H3,(H,20,21);1H. The monoisotopic (exact) mass is 537 g/mol. The van der Waals surface area contributed by atoms with Gasteiger partial charge >= 0.3 is 0 Å². The molecule has 1 atom stereocenters. The highest BCUT2D eigenvalue weighted by atomic mass is 127. The second-order valence-electron chi connectivity index (χ2n) is 7.34. The lowest BCUT2D eigenvalue weighted by Crippen LogP contribution is -2.53. The molecule has 166 valence electrons. The number of methoxy groups -OCH3 is 1. The van der Waals surface area contributed by atoms with E-state index in [4.69, 9.17) is 9.73 Å². The van der Waals surface area contributed by atoms with Crippen molar-refractivity contribution in [3.8, 4) is 0 Å². The van der Waals surface area contributed by atoms with Crippen LogP contribution in [-0.4, -0.2) is 97.2 Å². The smallest absolute Gasteiger partial charge is 0.205 e. The number of aromatic nitrogens is 2. The molecule has 2 aliphatic rings. The molecule has 1 N–H and O–H groups in total. The van der Waals surface area contributed by atoms with Gasteiger partial charge in [0.05, 0.1) is 13.2 Å². The fourth-order valence-corrected chi connectivity index (χ4v) is 4.65. The summed E-state index contributed by atoms with van der Waals surface area (Å²) in [6.07, 6.45) is 3.40. The number of likely N-dealkylation sites (tertiary alicyclic amines) is 1. The largest absolute Gasteiger partial charge is 0.383 e. The van der Waals surface area contributed by atoms with Crippen LogP contribution in [0.2, 0.25) is 0 Å². The first-order valence-corrected chi connectivity index (χ1v) is 11.4. The summed E-state index contributed by atoms with van der Waals surface area (Å²) in [6.45, 7) is 12.8. The van der Waals surface area contributed by atoms with Gasteiger partial charge in [0.15, 0.2) is 5.96 Å². The van der Waals surface area contributed by atoms with Crippen LogP contribution in [0.25, 0.3) is 0 Å². The van der Waals surface area contributed by atoms with Gasteiger partial charge < -0.3 is 19.9 Å². The maximum absolute atomic E-state index is 5.26. The van der Waals surface area contributed by atoms with E-state index < -0.39 is 0 Å². The second-order valence-corrected chi connectivity index (χ2v) is 8.07. The number of hydrogen-bond acceptors (Lipinski definition) is 7. The van der Waals surface area contributed by atoms with Crippen LogP contribution in [0.3, 0.4) is 0 Å². The molecule has 10 heteroatoms. The topological polar surface area (TPSA) is 69.1 Å². The number of aliphatic imine (C=N–C) groups is 1. The van der Waals surface area contributed by atoms with E-state index >= 15 is 0 Å². The van der Waals surface area contributed by atoms with Crippen LogP contribution in [0.5, 0.6) is 0 Å². The number of nitrogens with one attached hydrogen (secondary N) is 1. The Bertz CT molecular complexity index is 621. The number of aryl methyl sites for hydroxylation is 1. The summed E-state index contributed by atoms with van der Waals surface area (Å²) in [5.74, 6) is 2.00. The molecular weight excluding hydrogens is 501 g/mol. The summed E-state index contributed by atoms with van der Waals surface area (Å²) in [7, 11) is 1.77. The zero-order valence-corrected chi connectivity index (χ0v) is 21.1. The summed E-state index contributed by atoms with van der Waals surface area (Å²) >= 11 is 1.52. The first-order valence-electron chi connectivity index (χ1n) is 10.6. The molecule has 8 nitrogen and oxygen atoms in total. The maximum atomic E-state index is 5.26. The molecule has 1 unspecified atom stereocenters. The normalized spacial score (nSPS) is 20.8. The van der Waals surface area contributed by atoms with Crippen molar-refractivity contribution in [2.45, 2.75) is 39.2 Å². The van der Waals surface area contributed by atoms with Gasteiger partial charge in [-0.2, -0.15) is 4.37 Å². The van der Waals surface area contributed by atoms with Crippen molar-refractivity contribution in [3.63, 3.8) is 0 Å². The van der Waals surface area contributed by atoms with Crippen LogP contribution in [0.4, 0.5) is 5.13 Å². The summed E-state index contributed by atoms with van der Waals surface area (Å²) in [5, 5.41) is 4.54. The Balaban J connectivity index is 0.00000300. The van der Waals surface area contributed by atoms with Crippen LogP contribution >= 0.6 is 35.5 Å². The third-order valence-corrected chi connectivity index (χ3v) is 6.31. The molecular formula is C19H36IN7OS. The van der Waals surface area contributed by atoms with E-state index in [1.165, 1.54) is 30.9 Å². The zero-order valence-electron chi connectivity index (χ0n) is 18.0. The van der Waals surface area contributed by atoms with Crippen molar-refractivity contribution >= 4 is 46.6 Å². The molecule has 0 spiro atoms. The maximum Gasteiger partial charge on any atom is 0.205 e. The number of guanidine groups is 1. The Morgan fingerprint density at radius 1 is 1.24 bits per heavy atom. The molecule has 0 radical (unpaired) electrons. The fraction of sp³-hybridized carbons (Fsp3) is 0.842. The Kier molecular flexibility index (Phi) is 10.9. The highest BCUT2D eigenvalue weighted by Crippen LogP contribution is 2.20. The summed E-state index contributed by atoms with van der Waals surface area (Å²) in [5.41, 5.74) is 0. The van der Waals surface area contributed by atoms with Crippen molar-refractivity contribution in [1.29, 1.82) is 0 Å². The Morgan fingerprint density at radius 2 is 2.03 bits per heavy atom. The number of ether oxygens (including phenoxy) is 1. The van der Waals surface area contributed by atoms with Crippen molar-refractivity contribution in [3.05, 3.63) is 5.82 Å². The Morgan fingerprint density at radius 3 is 2.69 bits per heavy atom. The minimum absolute atomic E-state index is 0. The lowest BCUT2D eigenvalue weighted by molar-refractivity contribution is 0.142. The van der Waals surface area contributed by atoms with Gasteiger partial charge in [0.25, 0.3) is 0 Å². The van der Waals surface area contributed by atoms with Crippen molar-refractivity contribution in [2.75, 3.05) is 71.0 Å². The Hall–Kier alpha value is -0.720. The van der Waals surface area contributed by atoms with E-state index in [1.54, 1.807) is 7.11 Å². The first kappa shape index (κ1) is 24.5. The van der Waals surface area contributed by atoms with Gasteiger partial charge in [-0.05, 0) is 26.3 Å². The van der Waals surface area contributed by atoms with Crippen LogP contribution in [0.15, 0.2) is 4.99 Å². The third kappa shape index (κ3) is 6.90. The fourth-order valence-electron chi connectivity index (χ4n) is 3.85. The van der Waals surface area contributed by atoms with Gasteiger partial charge in [0, 0.05) is 70.4 Å². The number of hydrogen-bond donors (Lipinski definition) is 1. The van der Waals surface area contributed by atoms with E-state index in [0.29, 0.717) is 6.04 Å². The highest BCUT2D eigenvalue weighted by Gasteiger charge is 2.25. The molecule has 2 saturated heterocycles. The minimum atomic E-state index is 0. The third-order valence-electron chi connectivity index (χ3n) is 5.49. The summed E-state index contributed by atoms with van der Waals surface area (Å²) in [6, 6.07) is 0.541. The van der Waals surface area contributed by atoms with Crippen molar-refractivity contribution in [1.82, 2.24) is 24.5 Å². The lowest BCUT2D eigenvalue weighted by atomic mass is 10.2. The van der Waals surface area contributed by atoms with Gasteiger partial charge in [-0.3, -0.25) is 9.89 Å². The Labute approximate surface area is 196 Å². The molecule has 29 heavy (non-hydrogen) atoms. The first-order chi connectivity index (χ1) is 13.7. The van der Waals surface area contributed by atoms with E-state index in [1.807, 2.05) is 0 Å². The van der Waals surface area contributed by atoms with Gasteiger partial charge in [-0.15, -0.1) is 24.0 Å². The van der Waals surface area contributed by atoms with Crippen LogP contribution in [0.1, 0.15) is 32.5 Å². The lowest BCUT2D eigenvalue weighted by Gasteiger charge is -2.36. The van der Waals surface area contributed by atoms with E-state index in [9.17, 15) is 0 Å². The minimum Gasteiger partial charge on any atom is -0.383 e. The van der Waals surface area contributed by atoms with Gasteiger partial charge in [0.2, 0.25) is 5.13 Å².